The molecule has 0 fully saturated rings. The number of nitrogens with one attached hydrogen (secondary N) is 1. The van der Waals surface area contributed by atoms with Crippen LogP contribution in [-0.4, -0.2) is 26.7 Å². The van der Waals surface area contributed by atoms with E-state index in [1.54, 1.807) is 23.6 Å². The molecule has 2 aromatic carbocycles. The molecular weight excluding hydrogens is 382 g/mol. The molecule has 28 heavy (non-hydrogen) atoms. The normalized spacial score (nSPS) is 11.2. The number of carboxylic acids is 1. The van der Waals surface area contributed by atoms with Crippen LogP contribution in [0.1, 0.15) is 5.56 Å². The van der Waals surface area contributed by atoms with Crippen molar-refractivity contribution >= 4 is 39.5 Å². The van der Waals surface area contributed by atoms with Gasteiger partial charge < -0.3 is 10.8 Å². The number of nitrogens with zero attached hydrogens (tertiary/aromatic N) is 3. The Labute approximate surface area is 163 Å². The molecule has 1 aromatic heterocycles. The Morgan fingerprint density at radius 1 is 1.25 bits per heavy atom. The summed E-state index contributed by atoms with van der Waals surface area (Å²) in [7, 11) is 0. The number of rotatable bonds is 7. The first-order chi connectivity index (χ1) is 13.4. The third kappa shape index (κ3) is 4.48. The number of hydrogen-bond donors (Lipinski definition) is 3. The predicted octanol–water partition coefficient (Wildman–Crippen LogP) is 3.40. The number of thiazole rings is 1. The molecule has 0 saturated heterocycles. The lowest BCUT2D eigenvalue weighted by molar-refractivity contribution is -0.385. The van der Waals surface area contributed by atoms with Crippen molar-refractivity contribution in [3.63, 3.8) is 0 Å². The average Bonchev–Trinajstić information content (AvgIpc) is 3.14. The molecular formula is C18H15N5O4S. The number of nitrogens with two attached hydrogens (primary N) is 1. The van der Waals surface area contributed by atoms with Crippen LogP contribution in [0.25, 0.3) is 11.3 Å². The molecule has 0 bridgehead atoms. The molecule has 0 spiro atoms. The van der Waals surface area contributed by atoms with E-state index in [4.69, 9.17) is 5.73 Å². The van der Waals surface area contributed by atoms with Crippen molar-refractivity contribution in [1.82, 2.24) is 4.98 Å². The Bertz CT molecular complexity index is 1050. The van der Waals surface area contributed by atoms with Crippen molar-refractivity contribution in [3.8, 4) is 11.3 Å². The SMILES string of the molecule is Nc1ccc(-c2csc(NN=C(Cc3ccccc3[N+](=O)[O-])C(=O)O)n2)cc1. The molecule has 4 N–H and O–H groups in total. The number of nitro benzene ring substituents is 1. The second kappa shape index (κ2) is 8.27. The number of hydrazone groups is 1. The average molecular weight is 397 g/mol. The number of benzene rings is 2. The predicted molar refractivity (Wildman–Crippen MR) is 107 cm³/mol. The van der Waals surface area contributed by atoms with Gasteiger partial charge in [0.15, 0.2) is 0 Å². The Kier molecular flexibility index (Phi) is 5.61. The van der Waals surface area contributed by atoms with Crippen molar-refractivity contribution in [2.75, 3.05) is 11.2 Å². The quantitative estimate of drug-likeness (QED) is 0.240. The van der Waals surface area contributed by atoms with E-state index >= 15 is 0 Å². The highest BCUT2D eigenvalue weighted by molar-refractivity contribution is 7.14. The van der Waals surface area contributed by atoms with Gasteiger partial charge in [-0.05, 0) is 12.1 Å². The maximum atomic E-state index is 11.5. The minimum absolute atomic E-state index is 0.156. The van der Waals surface area contributed by atoms with Gasteiger partial charge in [-0.1, -0.05) is 30.3 Å². The first-order valence-electron chi connectivity index (χ1n) is 8.03. The van der Waals surface area contributed by atoms with Gasteiger partial charge in [0, 0.05) is 34.7 Å². The molecule has 0 aliphatic heterocycles. The fourth-order valence-corrected chi connectivity index (χ4v) is 3.07. The summed E-state index contributed by atoms with van der Waals surface area (Å²) in [5, 5.41) is 26.6. The summed E-state index contributed by atoms with van der Waals surface area (Å²) in [6.07, 6.45) is -0.199. The van der Waals surface area contributed by atoms with Crippen LogP contribution in [-0.2, 0) is 11.2 Å². The smallest absolute Gasteiger partial charge is 0.352 e. The number of aromatic nitrogens is 1. The van der Waals surface area contributed by atoms with E-state index < -0.39 is 10.9 Å². The fraction of sp³-hybridized carbons (Fsp3) is 0.0556. The lowest BCUT2D eigenvalue weighted by Gasteiger charge is -2.04. The molecule has 10 heteroatoms. The van der Waals surface area contributed by atoms with Crippen molar-refractivity contribution in [1.29, 1.82) is 0 Å². The lowest BCUT2D eigenvalue weighted by atomic mass is 10.1. The molecule has 0 aliphatic rings. The van der Waals surface area contributed by atoms with E-state index in [9.17, 15) is 20.0 Å². The van der Waals surface area contributed by atoms with Crippen LogP contribution < -0.4 is 11.2 Å². The molecule has 1 heterocycles. The van der Waals surface area contributed by atoms with Crippen LogP contribution in [0.4, 0.5) is 16.5 Å². The van der Waals surface area contributed by atoms with Crippen LogP contribution >= 0.6 is 11.3 Å². The van der Waals surface area contributed by atoms with Gasteiger partial charge in [-0.15, -0.1) is 11.3 Å². The molecule has 3 rings (SSSR count). The van der Waals surface area contributed by atoms with E-state index in [1.165, 1.54) is 29.5 Å². The molecule has 0 aliphatic carbocycles. The standard InChI is InChI=1S/C18H15N5O4S/c19-13-7-5-11(6-8-13)15-10-28-18(20-15)22-21-14(17(24)25)9-12-3-1-2-4-16(12)23(26)27/h1-8,10H,9,19H2,(H,20,22)(H,24,25). The third-order valence-electron chi connectivity index (χ3n) is 3.79. The van der Waals surface area contributed by atoms with Crippen LogP contribution in [0.3, 0.4) is 0 Å². The van der Waals surface area contributed by atoms with Gasteiger partial charge in [0.1, 0.15) is 5.71 Å². The van der Waals surface area contributed by atoms with Crippen molar-refractivity contribution < 1.29 is 14.8 Å². The second-order valence-electron chi connectivity index (χ2n) is 5.70. The molecule has 142 valence electrons. The van der Waals surface area contributed by atoms with Crippen molar-refractivity contribution in [2.24, 2.45) is 5.10 Å². The number of hydrogen-bond acceptors (Lipinski definition) is 8. The zero-order valence-corrected chi connectivity index (χ0v) is 15.2. The highest BCUT2D eigenvalue weighted by Gasteiger charge is 2.18. The number of carbonyl (C=O) groups is 1. The maximum absolute atomic E-state index is 11.5. The summed E-state index contributed by atoms with van der Waals surface area (Å²) >= 11 is 1.25. The van der Waals surface area contributed by atoms with Gasteiger partial charge in [-0.3, -0.25) is 15.5 Å². The summed E-state index contributed by atoms with van der Waals surface area (Å²) in [4.78, 5) is 26.4. The van der Waals surface area contributed by atoms with Crippen molar-refractivity contribution in [2.45, 2.75) is 6.42 Å². The minimum atomic E-state index is -1.28. The number of nitrogen functional groups attached to an aromatic ring is 1. The second-order valence-corrected chi connectivity index (χ2v) is 6.56. The molecule has 0 unspecified atom stereocenters. The van der Waals surface area contributed by atoms with Crippen LogP contribution in [0.2, 0.25) is 0 Å². The first-order valence-corrected chi connectivity index (χ1v) is 8.91. The van der Waals surface area contributed by atoms with Crippen molar-refractivity contribution in [3.05, 3.63) is 69.6 Å². The van der Waals surface area contributed by atoms with E-state index in [-0.39, 0.29) is 23.4 Å². The lowest BCUT2D eigenvalue weighted by Crippen LogP contribution is -2.18. The Hall–Kier alpha value is -3.79. The number of aliphatic carboxylic acids is 1. The Morgan fingerprint density at radius 2 is 1.96 bits per heavy atom. The van der Waals surface area contributed by atoms with Crippen LogP contribution in [0.15, 0.2) is 59.0 Å². The summed E-state index contributed by atoms with van der Waals surface area (Å²) in [6, 6.07) is 13.1. The van der Waals surface area contributed by atoms with Gasteiger partial charge in [-0.25, -0.2) is 9.78 Å². The monoisotopic (exact) mass is 397 g/mol. The largest absolute Gasteiger partial charge is 0.477 e. The number of anilines is 2. The molecule has 0 radical (unpaired) electrons. The zero-order valence-electron chi connectivity index (χ0n) is 14.4. The molecule has 0 atom stereocenters. The summed E-state index contributed by atoms with van der Waals surface area (Å²) in [5.74, 6) is -1.28. The van der Waals surface area contributed by atoms with E-state index in [2.05, 4.69) is 15.5 Å². The van der Waals surface area contributed by atoms with Crippen LogP contribution in [0, 0.1) is 10.1 Å². The highest BCUT2D eigenvalue weighted by atomic mass is 32.1. The maximum Gasteiger partial charge on any atom is 0.352 e. The minimum Gasteiger partial charge on any atom is -0.477 e. The molecule has 9 nitrogen and oxygen atoms in total. The fourth-order valence-electron chi connectivity index (χ4n) is 2.41. The zero-order chi connectivity index (χ0) is 20.1. The van der Waals surface area contributed by atoms with Gasteiger partial charge in [0.2, 0.25) is 5.13 Å². The first kappa shape index (κ1) is 19.0. The van der Waals surface area contributed by atoms with Gasteiger partial charge in [0.05, 0.1) is 10.6 Å². The van der Waals surface area contributed by atoms with E-state index in [0.717, 1.165) is 5.56 Å². The Balaban J connectivity index is 1.78. The Morgan fingerprint density at radius 3 is 2.64 bits per heavy atom. The summed E-state index contributed by atoms with van der Waals surface area (Å²) in [6.45, 7) is 0. The van der Waals surface area contributed by atoms with Gasteiger partial charge in [-0.2, -0.15) is 5.10 Å². The van der Waals surface area contributed by atoms with Gasteiger partial charge in [0.25, 0.3) is 5.69 Å². The molecule has 3 aromatic rings. The van der Waals surface area contributed by atoms with Crippen LogP contribution in [0.5, 0.6) is 0 Å². The molecule has 0 amide bonds. The highest BCUT2D eigenvalue weighted by Crippen LogP contribution is 2.25. The van der Waals surface area contributed by atoms with E-state index in [0.29, 0.717) is 16.5 Å². The van der Waals surface area contributed by atoms with E-state index in [1.807, 2.05) is 12.1 Å². The topological polar surface area (TPSA) is 144 Å². The molecule has 0 saturated carbocycles. The number of nitro groups is 1. The number of para-hydroxylation sites is 1. The number of carboxylic acid groups (broad SMARTS) is 1. The van der Waals surface area contributed by atoms with Gasteiger partial charge >= 0.3 is 5.97 Å². The third-order valence-corrected chi connectivity index (χ3v) is 4.54. The summed E-state index contributed by atoms with van der Waals surface area (Å²) in [5.41, 5.74) is 10.3. The summed E-state index contributed by atoms with van der Waals surface area (Å²) < 4.78 is 0.